The maximum absolute atomic E-state index is 12.5. The monoisotopic (exact) mass is 344 g/mol. The highest BCUT2D eigenvalue weighted by atomic mass is 16.6. The Bertz CT molecular complexity index is 1090. The zero-order chi connectivity index (χ0) is 18.3. The molecule has 0 fully saturated rings. The Morgan fingerprint density at radius 3 is 2.27 bits per heavy atom. The summed E-state index contributed by atoms with van der Waals surface area (Å²) in [7, 11) is 0. The third-order valence-corrected chi connectivity index (χ3v) is 4.33. The van der Waals surface area contributed by atoms with E-state index >= 15 is 0 Å². The van der Waals surface area contributed by atoms with Crippen LogP contribution in [0, 0.1) is 10.1 Å². The highest BCUT2D eigenvalue weighted by molar-refractivity contribution is 6.22. The predicted octanol–water partition coefficient (Wildman–Crippen LogP) is 4.06. The average Bonchev–Trinajstić information content (AvgIpc) is 2.94. The number of amides is 1. The van der Waals surface area contributed by atoms with E-state index in [4.69, 9.17) is 0 Å². The number of nitro groups is 1. The summed E-state index contributed by atoms with van der Waals surface area (Å²) in [5, 5.41) is 13.7. The van der Waals surface area contributed by atoms with Crippen molar-refractivity contribution in [3.8, 4) is 11.1 Å². The van der Waals surface area contributed by atoms with Crippen molar-refractivity contribution in [3.05, 3.63) is 93.5 Å². The quantitative estimate of drug-likeness (QED) is 0.448. The fourth-order valence-electron chi connectivity index (χ4n) is 3.13. The Hall–Kier alpha value is -3.80. The van der Waals surface area contributed by atoms with Crippen LogP contribution in [0.5, 0.6) is 0 Å². The van der Waals surface area contributed by atoms with Gasteiger partial charge in [-0.05, 0) is 29.3 Å². The molecule has 6 heteroatoms. The van der Waals surface area contributed by atoms with Gasteiger partial charge in [-0.2, -0.15) is 0 Å². The first-order valence-electron chi connectivity index (χ1n) is 7.89. The van der Waals surface area contributed by atoms with E-state index in [1.165, 1.54) is 18.2 Å². The van der Waals surface area contributed by atoms with Gasteiger partial charge in [-0.1, -0.05) is 42.5 Å². The Labute approximate surface area is 148 Å². The van der Waals surface area contributed by atoms with Gasteiger partial charge in [-0.15, -0.1) is 0 Å². The van der Waals surface area contributed by atoms with Crippen LogP contribution < -0.4 is 5.32 Å². The molecule has 0 saturated carbocycles. The molecule has 0 aliphatic heterocycles. The van der Waals surface area contributed by atoms with Crippen molar-refractivity contribution in [1.82, 2.24) is 0 Å². The molecule has 6 nitrogen and oxygen atoms in total. The lowest BCUT2D eigenvalue weighted by Crippen LogP contribution is -2.14. The van der Waals surface area contributed by atoms with Crippen LogP contribution in [0.3, 0.4) is 0 Å². The van der Waals surface area contributed by atoms with E-state index < -0.39 is 10.8 Å². The van der Waals surface area contributed by atoms with E-state index in [2.05, 4.69) is 5.32 Å². The molecule has 0 radical (unpaired) electrons. The topological polar surface area (TPSA) is 89.3 Å². The Morgan fingerprint density at radius 2 is 1.50 bits per heavy atom. The SMILES string of the molecule is O=C1c2ccccc2-c2ccc(NC(=O)c3ccccc3[N+](=O)[O-])cc21. The first-order chi connectivity index (χ1) is 12.6. The summed E-state index contributed by atoms with van der Waals surface area (Å²) < 4.78 is 0. The first kappa shape index (κ1) is 15.7. The molecule has 0 saturated heterocycles. The van der Waals surface area contributed by atoms with Crippen LogP contribution in [0.25, 0.3) is 11.1 Å². The minimum absolute atomic E-state index is 0.0346. The van der Waals surface area contributed by atoms with Crippen LogP contribution in [0.2, 0.25) is 0 Å². The van der Waals surface area contributed by atoms with Gasteiger partial charge in [0.2, 0.25) is 0 Å². The fraction of sp³-hybridized carbons (Fsp3) is 0. The van der Waals surface area contributed by atoms with Crippen LogP contribution in [0.15, 0.2) is 66.7 Å². The van der Waals surface area contributed by atoms with Gasteiger partial charge in [0.15, 0.2) is 5.78 Å². The number of anilines is 1. The highest BCUT2D eigenvalue weighted by Gasteiger charge is 2.27. The zero-order valence-corrected chi connectivity index (χ0v) is 13.4. The number of hydrogen-bond acceptors (Lipinski definition) is 4. The number of nitrogens with zero attached hydrogens (tertiary/aromatic N) is 1. The van der Waals surface area contributed by atoms with Crippen molar-refractivity contribution in [1.29, 1.82) is 0 Å². The van der Waals surface area contributed by atoms with Gasteiger partial charge in [0.25, 0.3) is 11.6 Å². The molecule has 0 spiro atoms. The summed E-state index contributed by atoms with van der Waals surface area (Å²) in [4.78, 5) is 35.5. The molecule has 0 atom stereocenters. The van der Waals surface area contributed by atoms with Gasteiger partial charge in [-0.3, -0.25) is 19.7 Å². The van der Waals surface area contributed by atoms with Crippen LogP contribution >= 0.6 is 0 Å². The lowest BCUT2D eigenvalue weighted by Gasteiger charge is -2.07. The van der Waals surface area contributed by atoms with E-state index in [9.17, 15) is 19.7 Å². The molecule has 1 amide bonds. The summed E-state index contributed by atoms with van der Waals surface area (Å²) in [6, 6.07) is 18.1. The van der Waals surface area contributed by atoms with Crippen molar-refractivity contribution in [2.75, 3.05) is 5.32 Å². The van der Waals surface area contributed by atoms with Crippen LogP contribution in [-0.4, -0.2) is 16.6 Å². The van der Waals surface area contributed by atoms with E-state index in [0.717, 1.165) is 11.1 Å². The molecule has 1 aliphatic rings. The molecular formula is C20H12N2O4. The maximum atomic E-state index is 12.5. The van der Waals surface area contributed by atoms with E-state index in [-0.39, 0.29) is 17.0 Å². The number of nitro benzene ring substituents is 1. The molecule has 3 aromatic carbocycles. The summed E-state index contributed by atoms with van der Waals surface area (Å²) in [6.07, 6.45) is 0. The molecule has 0 aromatic heterocycles. The molecule has 1 aliphatic carbocycles. The van der Waals surface area contributed by atoms with Gasteiger partial charge < -0.3 is 5.32 Å². The molecule has 4 rings (SSSR count). The molecule has 126 valence electrons. The molecule has 0 bridgehead atoms. The van der Waals surface area contributed by atoms with Gasteiger partial charge in [0.1, 0.15) is 5.56 Å². The van der Waals surface area contributed by atoms with Gasteiger partial charge in [0, 0.05) is 22.9 Å². The van der Waals surface area contributed by atoms with Crippen LogP contribution in [0.1, 0.15) is 26.3 Å². The number of carbonyl (C=O) groups is 2. The number of rotatable bonds is 3. The molecule has 26 heavy (non-hydrogen) atoms. The second-order valence-electron chi connectivity index (χ2n) is 5.86. The summed E-state index contributed by atoms with van der Waals surface area (Å²) in [5.74, 6) is -0.697. The third kappa shape index (κ3) is 2.44. The average molecular weight is 344 g/mol. The number of nitrogens with one attached hydrogen (secondary N) is 1. The number of hydrogen-bond donors (Lipinski definition) is 1. The zero-order valence-electron chi connectivity index (χ0n) is 13.4. The van der Waals surface area contributed by atoms with Crippen molar-refractivity contribution in [2.24, 2.45) is 0 Å². The second kappa shape index (κ2) is 5.93. The van der Waals surface area contributed by atoms with Gasteiger partial charge in [-0.25, -0.2) is 0 Å². The molecule has 0 unspecified atom stereocenters. The standard InChI is InChI=1S/C20H12N2O4/c23-19-15-6-2-1-5-13(15)14-10-9-12(11-17(14)19)21-20(24)16-7-3-4-8-18(16)22(25)26/h1-11H,(H,21,24). The number of carbonyl (C=O) groups excluding carboxylic acids is 2. The third-order valence-electron chi connectivity index (χ3n) is 4.33. The number of ketones is 1. The highest BCUT2D eigenvalue weighted by Crippen LogP contribution is 2.37. The minimum atomic E-state index is -0.599. The summed E-state index contributed by atoms with van der Waals surface area (Å²) in [6.45, 7) is 0. The second-order valence-corrected chi connectivity index (χ2v) is 5.86. The van der Waals surface area contributed by atoms with Crippen molar-refractivity contribution < 1.29 is 14.5 Å². The van der Waals surface area contributed by atoms with Crippen LogP contribution in [-0.2, 0) is 0 Å². The normalized spacial score (nSPS) is 11.6. The van der Waals surface area contributed by atoms with Crippen molar-refractivity contribution in [2.45, 2.75) is 0 Å². The minimum Gasteiger partial charge on any atom is -0.322 e. The number of fused-ring (bicyclic) bond motifs is 3. The predicted molar refractivity (Wildman–Crippen MR) is 96.4 cm³/mol. The smallest absolute Gasteiger partial charge is 0.282 e. The van der Waals surface area contributed by atoms with E-state index in [1.54, 1.807) is 36.4 Å². The Kier molecular flexibility index (Phi) is 3.58. The van der Waals surface area contributed by atoms with Crippen LogP contribution in [0.4, 0.5) is 11.4 Å². The Balaban J connectivity index is 1.67. The fourth-order valence-corrected chi connectivity index (χ4v) is 3.13. The lowest BCUT2D eigenvalue weighted by atomic mass is 10.1. The van der Waals surface area contributed by atoms with Crippen molar-refractivity contribution >= 4 is 23.1 Å². The molecule has 1 N–H and O–H groups in total. The summed E-state index contributed by atoms with van der Waals surface area (Å²) >= 11 is 0. The molecule has 3 aromatic rings. The molecule has 0 heterocycles. The molecular weight excluding hydrogens is 332 g/mol. The van der Waals surface area contributed by atoms with Gasteiger partial charge >= 0.3 is 0 Å². The van der Waals surface area contributed by atoms with E-state index in [1.807, 2.05) is 12.1 Å². The first-order valence-corrected chi connectivity index (χ1v) is 7.89. The Morgan fingerprint density at radius 1 is 0.846 bits per heavy atom. The summed E-state index contributed by atoms with van der Waals surface area (Å²) in [5.41, 5.74) is 2.92. The maximum Gasteiger partial charge on any atom is 0.282 e. The van der Waals surface area contributed by atoms with Crippen molar-refractivity contribution in [3.63, 3.8) is 0 Å². The number of benzene rings is 3. The largest absolute Gasteiger partial charge is 0.322 e. The lowest BCUT2D eigenvalue weighted by molar-refractivity contribution is -0.385. The van der Waals surface area contributed by atoms with Gasteiger partial charge in [0.05, 0.1) is 4.92 Å². The van der Waals surface area contributed by atoms with E-state index in [0.29, 0.717) is 16.8 Å². The number of para-hydroxylation sites is 1.